The van der Waals surface area contributed by atoms with Gasteiger partial charge in [0.15, 0.2) is 4.96 Å². The molecule has 2 aromatic heterocycles. The quantitative estimate of drug-likeness (QED) is 0.709. The van der Waals surface area contributed by atoms with Crippen LogP contribution in [0.1, 0.15) is 30.1 Å². The molecule has 2 heterocycles. The molecular formula is C10H13FN2S. The second kappa shape index (κ2) is 2.79. The summed E-state index contributed by atoms with van der Waals surface area (Å²) in [5, 5.41) is 0. The van der Waals surface area contributed by atoms with E-state index >= 15 is 0 Å². The van der Waals surface area contributed by atoms with Gasteiger partial charge in [0, 0.05) is 11.9 Å². The Morgan fingerprint density at radius 3 is 2.57 bits per heavy atom. The number of aryl methyl sites for hydroxylation is 2. The van der Waals surface area contributed by atoms with Gasteiger partial charge >= 0.3 is 0 Å². The second-order valence-corrected chi connectivity index (χ2v) is 5.01. The molecule has 0 spiro atoms. The van der Waals surface area contributed by atoms with Gasteiger partial charge in [-0.15, -0.1) is 0 Å². The van der Waals surface area contributed by atoms with Crippen molar-refractivity contribution in [2.75, 3.05) is 0 Å². The molecule has 0 aliphatic heterocycles. The second-order valence-electron chi connectivity index (χ2n) is 4.00. The van der Waals surface area contributed by atoms with Crippen LogP contribution in [0.4, 0.5) is 4.39 Å². The Balaban J connectivity index is 2.65. The highest BCUT2D eigenvalue weighted by atomic mass is 32.1. The minimum Gasteiger partial charge on any atom is -0.294 e. The summed E-state index contributed by atoms with van der Waals surface area (Å²) in [6.07, 6.45) is 1.84. The summed E-state index contributed by atoms with van der Waals surface area (Å²) < 4.78 is 15.6. The standard InChI is InChI=1S/C10H13FN2S/c1-6-7(2)13-5-8(10(3,4)11)14-9(13)12-6/h5H,1-4H3. The lowest BCUT2D eigenvalue weighted by atomic mass is 10.1. The fourth-order valence-corrected chi connectivity index (χ4v) is 2.40. The molecule has 0 atom stereocenters. The number of fused-ring (bicyclic) bond motifs is 1. The van der Waals surface area contributed by atoms with E-state index in [0.29, 0.717) is 0 Å². The van der Waals surface area contributed by atoms with Gasteiger partial charge in [-0.2, -0.15) is 0 Å². The summed E-state index contributed by atoms with van der Waals surface area (Å²) in [6, 6.07) is 0. The van der Waals surface area contributed by atoms with Crippen LogP contribution in [0.5, 0.6) is 0 Å². The number of hydrogen-bond acceptors (Lipinski definition) is 2. The van der Waals surface area contributed by atoms with E-state index in [-0.39, 0.29) is 0 Å². The van der Waals surface area contributed by atoms with Crippen LogP contribution in [0, 0.1) is 13.8 Å². The van der Waals surface area contributed by atoms with Crippen LogP contribution in [0.3, 0.4) is 0 Å². The summed E-state index contributed by atoms with van der Waals surface area (Å²) >= 11 is 1.42. The normalized spacial score (nSPS) is 12.6. The Kier molecular flexibility index (Phi) is 1.93. The maximum absolute atomic E-state index is 13.6. The first-order valence-corrected chi connectivity index (χ1v) is 5.36. The third-order valence-corrected chi connectivity index (χ3v) is 3.67. The van der Waals surface area contributed by atoms with Crippen molar-refractivity contribution in [3.63, 3.8) is 0 Å². The molecule has 76 valence electrons. The van der Waals surface area contributed by atoms with Crippen molar-refractivity contribution in [1.29, 1.82) is 0 Å². The van der Waals surface area contributed by atoms with Crippen LogP contribution >= 0.6 is 11.3 Å². The number of thiazole rings is 1. The number of halogens is 1. The summed E-state index contributed by atoms with van der Waals surface area (Å²) in [7, 11) is 0. The molecule has 0 fully saturated rings. The van der Waals surface area contributed by atoms with Gasteiger partial charge in [0.05, 0.1) is 10.6 Å². The van der Waals surface area contributed by atoms with Crippen molar-refractivity contribution in [2.24, 2.45) is 0 Å². The largest absolute Gasteiger partial charge is 0.294 e. The zero-order valence-electron chi connectivity index (χ0n) is 8.76. The lowest BCUT2D eigenvalue weighted by Gasteiger charge is -2.09. The van der Waals surface area contributed by atoms with Crippen LogP contribution in [-0.4, -0.2) is 9.38 Å². The molecule has 0 N–H and O–H groups in total. The average Bonchev–Trinajstić information content (AvgIpc) is 2.54. The smallest absolute Gasteiger partial charge is 0.194 e. The van der Waals surface area contributed by atoms with Crippen molar-refractivity contribution < 1.29 is 4.39 Å². The lowest BCUT2D eigenvalue weighted by Crippen LogP contribution is -2.06. The topological polar surface area (TPSA) is 17.3 Å². The lowest BCUT2D eigenvalue weighted by molar-refractivity contribution is 0.226. The van der Waals surface area contributed by atoms with Gasteiger partial charge in [-0.1, -0.05) is 11.3 Å². The fourth-order valence-electron chi connectivity index (χ4n) is 1.34. The van der Waals surface area contributed by atoms with Crippen molar-refractivity contribution in [3.8, 4) is 0 Å². The molecule has 2 nitrogen and oxygen atoms in total. The van der Waals surface area contributed by atoms with Gasteiger partial charge in [0.2, 0.25) is 0 Å². The molecule has 0 bridgehead atoms. The maximum atomic E-state index is 13.6. The minimum atomic E-state index is -1.27. The molecule has 0 saturated heterocycles. The molecule has 0 aromatic carbocycles. The Bertz CT molecular complexity index is 476. The minimum absolute atomic E-state index is 0.725. The molecule has 0 saturated carbocycles. The van der Waals surface area contributed by atoms with Gasteiger partial charge < -0.3 is 0 Å². The number of nitrogens with zero attached hydrogens (tertiary/aromatic N) is 2. The predicted octanol–water partition coefficient (Wildman–Crippen LogP) is 3.22. The maximum Gasteiger partial charge on any atom is 0.194 e. The van der Waals surface area contributed by atoms with E-state index in [0.717, 1.165) is 21.2 Å². The van der Waals surface area contributed by atoms with E-state index < -0.39 is 5.67 Å². The van der Waals surface area contributed by atoms with E-state index in [2.05, 4.69) is 4.98 Å². The number of imidazole rings is 1. The molecule has 0 amide bonds. The molecule has 0 aliphatic carbocycles. The third-order valence-electron chi connectivity index (χ3n) is 2.39. The summed E-state index contributed by atoms with van der Waals surface area (Å²) in [5.74, 6) is 0. The van der Waals surface area contributed by atoms with Gasteiger partial charge in [-0.25, -0.2) is 9.37 Å². The van der Waals surface area contributed by atoms with E-state index in [1.165, 1.54) is 11.3 Å². The summed E-state index contributed by atoms with van der Waals surface area (Å²) in [5.41, 5.74) is 0.831. The summed E-state index contributed by atoms with van der Waals surface area (Å²) in [6.45, 7) is 7.10. The van der Waals surface area contributed by atoms with Crippen LogP contribution in [-0.2, 0) is 5.67 Å². The van der Waals surface area contributed by atoms with Crippen molar-refractivity contribution in [1.82, 2.24) is 9.38 Å². The first-order chi connectivity index (χ1) is 6.39. The fraction of sp³-hybridized carbons (Fsp3) is 0.500. The molecule has 0 radical (unpaired) electrons. The molecule has 0 unspecified atom stereocenters. The Hall–Kier alpha value is -0.900. The van der Waals surface area contributed by atoms with Gasteiger partial charge in [0.1, 0.15) is 5.67 Å². The first kappa shape index (κ1) is 9.65. The zero-order chi connectivity index (χ0) is 10.5. The SMILES string of the molecule is Cc1nc2sc(C(C)(C)F)cn2c1C. The molecule has 2 rings (SSSR count). The Labute approximate surface area is 86.4 Å². The van der Waals surface area contributed by atoms with E-state index in [4.69, 9.17) is 0 Å². The molecule has 0 aliphatic rings. The molecule has 4 heteroatoms. The van der Waals surface area contributed by atoms with E-state index in [9.17, 15) is 4.39 Å². The van der Waals surface area contributed by atoms with Crippen molar-refractivity contribution in [3.05, 3.63) is 22.5 Å². The highest BCUT2D eigenvalue weighted by molar-refractivity contribution is 7.17. The predicted molar refractivity (Wildman–Crippen MR) is 56.7 cm³/mol. The molecule has 14 heavy (non-hydrogen) atoms. The highest BCUT2D eigenvalue weighted by Crippen LogP contribution is 2.32. The average molecular weight is 212 g/mol. The zero-order valence-corrected chi connectivity index (χ0v) is 9.57. The number of rotatable bonds is 1. The first-order valence-electron chi connectivity index (χ1n) is 4.54. The van der Waals surface area contributed by atoms with Crippen LogP contribution in [0.15, 0.2) is 6.20 Å². The van der Waals surface area contributed by atoms with Gasteiger partial charge in [0.25, 0.3) is 0 Å². The molecule has 2 aromatic rings. The third kappa shape index (κ3) is 1.34. The number of alkyl halides is 1. The van der Waals surface area contributed by atoms with Crippen LogP contribution in [0.25, 0.3) is 4.96 Å². The van der Waals surface area contributed by atoms with Crippen molar-refractivity contribution in [2.45, 2.75) is 33.4 Å². The number of aromatic nitrogens is 2. The summed E-state index contributed by atoms with van der Waals surface area (Å²) in [4.78, 5) is 5.96. The molecular weight excluding hydrogens is 199 g/mol. The Morgan fingerprint density at radius 1 is 1.43 bits per heavy atom. The van der Waals surface area contributed by atoms with Crippen LogP contribution < -0.4 is 0 Å². The monoisotopic (exact) mass is 212 g/mol. The van der Waals surface area contributed by atoms with Crippen molar-refractivity contribution >= 4 is 16.3 Å². The van der Waals surface area contributed by atoms with Gasteiger partial charge in [-0.3, -0.25) is 4.40 Å². The van der Waals surface area contributed by atoms with E-state index in [1.54, 1.807) is 13.8 Å². The Morgan fingerprint density at radius 2 is 2.07 bits per heavy atom. The van der Waals surface area contributed by atoms with E-state index in [1.807, 2.05) is 24.4 Å². The number of hydrogen-bond donors (Lipinski definition) is 0. The van der Waals surface area contributed by atoms with Crippen LogP contribution in [0.2, 0.25) is 0 Å². The van der Waals surface area contributed by atoms with Gasteiger partial charge in [-0.05, 0) is 27.7 Å². The highest BCUT2D eigenvalue weighted by Gasteiger charge is 2.23.